The van der Waals surface area contributed by atoms with E-state index in [1.807, 2.05) is 0 Å². The first kappa shape index (κ1) is 14.3. The van der Waals surface area contributed by atoms with Gasteiger partial charge >= 0.3 is 0 Å². The second kappa shape index (κ2) is 6.34. The lowest BCUT2D eigenvalue weighted by Crippen LogP contribution is -2.42. The zero-order valence-corrected chi connectivity index (χ0v) is 11.1. The number of hydrogen-bond donors (Lipinski definition) is 4. The zero-order valence-electron chi connectivity index (χ0n) is 10.3. The van der Waals surface area contributed by atoms with Gasteiger partial charge in [0.15, 0.2) is 0 Å². The van der Waals surface area contributed by atoms with Crippen molar-refractivity contribution in [3.63, 3.8) is 0 Å². The van der Waals surface area contributed by atoms with Gasteiger partial charge in [0.2, 0.25) is 5.91 Å². The summed E-state index contributed by atoms with van der Waals surface area (Å²) in [5.74, 6) is -0.217. The van der Waals surface area contributed by atoms with Crippen molar-refractivity contribution in [3.05, 3.63) is 34.9 Å². The molecule has 0 bridgehead atoms. The second-order valence-electron chi connectivity index (χ2n) is 4.65. The summed E-state index contributed by atoms with van der Waals surface area (Å²) in [6.07, 6.45) is -0.0937. The van der Waals surface area contributed by atoms with Crippen LogP contribution in [0, 0.1) is 0 Å². The average Bonchev–Trinajstić information content (AvgIpc) is 2.84. The van der Waals surface area contributed by atoms with E-state index in [2.05, 4.69) is 10.6 Å². The predicted molar refractivity (Wildman–Crippen MR) is 71.8 cm³/mol. The van der Waals surface area contributed by atoms with E-state index in [9.17, 15) is 15.0 Å². The highest BCUT2D eigenvalue weighted by Crippen LogP contribution is 2.17. The standard InChI is InChI=1S/C13H17ClN2O3/c14-9-3-1-8(2-4-9)12(7-17)16-13(19)11-5-10(18)6-15-11/h1-4,10-12,15,17-18H,5-7H2,(H,16,19)/t10-,11+,12+/m1/s1. The third-order valence-electron chi connectivity index (χ3n) is 3.20. The Morgan fingerprint density at radius 1 is 1.47 bits per heavy atom. The molecule has 104 valence electrons. The van der Waals surface area contributed by atoms with Crippen LogP contribution in [0.1, 0.15) is 18.0 Å². The number of aliphatic hydroxyl groups is 2. The predicted octanol–water partition coefficient (Wildman–Crippen LogP) is 0.212. The van der Waals surface area contributed by atoms with Crippen LogP contribution in [0.5, 0.6) is 0 Å². The van der Waals surface area contributed by atoms with Crippen LogP contribution in [0.2, 0.25) is 5.02 Å². The smallest absolute Gasteiger partial charge is 0.237 e. The van der Waals surface area contributed by atoms with Crippen molar-refractivity contribution in [2.24, 2.45) is 0 Å². The molecule has 0 aromatic heterocycles. The van der Waals surface area contributed by atoms with Gasteiger partial charge in [0.1, 0.15) is 0 Å². The lowest BCUT2D eigenvalue weighted by Gasteiger charge is -2.19. The van der Waals surface area contributed by atoms with Crippen molar-refractivity contribution in [3.8, 4) is 0 Å². The van der Waals surface area contributed by atoms with Gasteiger partial charge in [-0.05, 0) is 24.1 Å². The molecule has 1 aliphatic rings. The molecule has 1 aliphatic heterocycles. The number of carbonyl (C=O) groups is 1. The van der Waals surface area contributed by atoms with Gasteiger partial charge in [-0.15, -0.1) is 0 Å². The largest absolute Gasteiger partial charge is 0.394 e. The van der Waals surface area contributed by atoms with E-state index >= 15 is 0 Å². The maximum absolute atomic E-state index is 12.0. The van der Waals surface area contributed by atoms with E-state index in [0.717, 1.165) is 5.56 Å². The number of aliphatic hydroxyl groups excluding tert-OH is 2. The molecule has 19 heavy (non-hydrogen) atoms. The molecule has 0 saturated carbocycles. The maximum Gasteiger partial charge on any atom is 0.237 e. The molecule has 0 aliphatic carbocycles. The summed E-state index contributed by atoms with van der Waals surface area (Å²) in [5, 5.41) is 25.1. The van der Waals surface area contributed by atoms with E-state index in [-0.39, 0.29) is 12.5 Å². The number of amides is 1. The average molecular weight is 285 g/mol. The fraction of sp³-hybridized carbons (Fsp3) is 0.462. The molecular weight excluding hydrogens is 268 g/mol. The summed E-state index contributed by atoms with van der Waals surface area (Å²) in [6.45, 7) is 0.228. The second-order valence-corrected chi connectivity index (χ2v) is 5.08. The van der Waals surface area contributed by atoms with Gasteiger partial charge < -0.3 is 20.8 Å². The minimum absolute atomic E-state index is 0.192. The highest BCUT2D eigenvalue weighted by molar-refractivity contribution is 6.30. The van der Waals surface area contributed by atoms with E-state index < -0.39 is 18.2 Å². The Bertz CT molecular complexity index is 438. The van der Waals surface area contributed by atoms with Gasteiger partial charge in [-0.1, -0.05) is 23.7 Å². The van der Waals surface area contributed by atoms with Gasteiger partial charge in [-0.25, -0.2) is 0 Å². The Morgan fingerprint density at radius 2 is 2.16 bits per heavy atom. The zero-order chi connectivity index (χ0) is 13.8. The van der Waals surface area contributed by atoms with Crippen LogP contribution in [0.25, 0.3) is 0 Å². The number of benzene rings is 1. The molecule has 4 N–H and O–H groups in total. The first-order valence-corrected chi connectivity index (χ1v) is 6.56. The summed E-state index contributed by atoms with van der Waals surface area (Å²) in [4.78, 5) is 12.0. The van der Waals surface area contributed by atoms with Gasteiger partial charge in [-0.3, -0.25) is 4.79 Å². The Balaban J connectivity index is 1.99. The highest BCUT2D eigenvalue weighted by Gasteiger charge is 2.29. The van der Waals surface area contributed by atoms with Crippen molar-refractivity contribution in [1.82, 2.24) is 10.6 Å². The van der Waals surface area contributed by atoms with Crippen molar-refractivity contribution in [1.29, 1.82) is 0 Å². The molecule has 6 heteroatoms. The Kier molecular flexibility index (Phi) is 4.76. The van der Waals surface area contributed by atoms with E-state index in [4.69, 9.17) is 11.6 Å². The van der Waals surface area contributed by atoms with Crippen molar-refractivity contribution >= 4 is 17.5 Å². The van der Waals surface area contributed by atoms with Crippen LogP contribution in [0.4, 0.5) is 0 Å². The van der Waals surface area contributed by atoms with Crippen molar-refractivity contribution < 1.29 is 15.0 Å². The molecule has 2 rings (SSSR count). The minimum atomic E-state index is -0.487. The topological polar surface area (TPSA) is 81.6 Å². The first-order valence-electron chi connectivity index (χ1n) is 6.18. The number of halogens is 1. The van der Waals surface area contributed by atoms with Crippen LogP contribution in [0.15, 0.2) is 24.3 Å². The van der Waals surface area contributed by atoms with Crippen LogP contribution in [-0.2, 0) is 4.79 Å². The Hall–Kier alpha value is -1.14. The number of β-amino-alcohol motifs (C(OH)–C–C–N with tert-alkyl or cyclic N) is 1. The van der Waals surface area contributed by atoms with Crippen molar-refractivity contribution in [2.75, 3.05) is 13.2 Å². The quantitative estimate of drug-likeness (QED) is 0.637. The van der Waals surface area contributed by atoms with Crippen LogP contribution < -0.4 is 10.6 Å². The monoisotopic (exact) mass is 284 g/mol. The lowest BCUT2D eigenvalue weighted by atomic mass is 10.1. The summed E-state index contributed by atoms with van der Waals surface area (Å²) in [7, 11) is 0. The van der Waals surface area contributed by atoms with Gasteiger partial charge in [-0.2, -0.15) is 0 Å². The van der Waals surface area contributed by atoms with Crippen LogP contribution in [-0.4, -0.2) is 41.4 Å². The fourth-order valence-corrected chi connectivity index (χ4v) is 2.24. The Morgan fingerprint density at radius 3 is 2.68 bits per heavy atom. The summed E-state index contributed by atoms with van der Waals surface area (Å²) in [6, 6.07) is 6.08. The summed E-state index contributed by atoms with van der Waals surface area (Å²) < 4.78 is 0. The first-order chi connectivity index (χ1) is 9.10. The Labute approximate surface area is 116 Å². The number of hydrogen-bond acceptors (Lipinski definition) is 4. The minimum Gasteiger partial charge on any atom is -0.394 e. The van der Waals surface area contributed by atoms with E-state index in [1.165, 1.54) is 0 Å². The molecule has 0 unspecified atom stereocenters. The number of nitrogens with one attached hydrogen (secondary N) is 2. The molecule has 0 radical (unpaired) electrons. The molecule has 1 amide bonds. The lowest BCUT2D eigenvalue weighted by molar-refractivity contribution is -0.124. The third-order valence-corrected chi connectivity index (χ3v) is 3.45. The normalized spacial score (nSPS) is 24.2. The van der Waals surface area contributed by atoms with Crippen LogP contribution in [0.3, 0.4) is 0 Å². The molecule has 5 nitrogen and oxygen atoms in total. The maximum atomic E-state index is 12.0. The molecule has 3 atom stereocenters. The van der Waals surface area contributed by atoms with Gasteiger partial charge in [0.05, 0.1) is 24.8 Å². The van der Waals surface area contributed by atoms with E-state index in [1.54, 1.807) is 24.3 Å². The SMILES string of the molecule is O=C(N[C@@H](CO)c1ccc(Cl)cc1)[C@@H]1C[C@@H](O)CN1. The van der Waals surface area contributed by atoms with Gasteiger partial charge in [0.25, 0.3) is 0 Å². The molecule has 1 aromatic carbocycles. The summed E-state index contributed by atoms with van der Waals surface area (Å²) >= 11 is 5.80. The van der Waals surface area contributed by atoms with E-state index in [0.29, 0.717) is 18.0 Å². The number of rotatable bonds is 4. The molecule has 1 fully saturated rings. The molecule has 1 aromatic rings. The fourth-order valence-electron chi connectivity index (χ4n) is 2.12. The molecule has 0 spiro atoms. The van der Waals surface area contributed by atoms with Crippen LogP contribution >= 0.6 is 11.6 Å². The van der Waals surface area contributed by atoms with Gasteiger partial charge in [0, 0.05) is 11.6 Å². The summed E-state index contributed by atoms with van der Waals surface area (Å²) in [5.41, 5.74) is 0.791. The number of carbonyl (C=O) groups excluding carboxylic acids is 1. The molecule has 1 saturated heterocycles. The highest BCUT2D eigenvalue weighted by atomic mass is 35.5. The molecule has 1 heterocycles. The third kappa shape index (κ3) is 3.67. The molecular formula is C13H17ClN2O3. The van der Waals surface area contributed by atoms with Crippen molar-refractivity contribution in [2.45, 2.75) is 24.6 Å².